The van der Waals surface area contributed by atoms with E-state index in [1.54, 1.807) is 0 Å². The standard InChI is InChI=1S/C23H20N4/c1-2-8-20-18(6-1)7-5-9-21(20)23-25-12-17(13-26-23)14-27-15-19(16-27)22-10-3-4-11-24-22/h1-13,19H,14-16H2. The van der Waals surface area contributed by atoms with Gasteiger partial charge in [-0.1, -0.05) is 48.5 Å². The van der Waals surface area contributed by atoms with Crippen LogP contribution in [0.25, 0.3) is 22.2 Å². The minimum Gasteiger partial charge on any atom is -0.298 e. The van der Waals surface area contributed by atoms with Crippen molar-refractivity contribution in [1.82, 2.24) is 19.9 Å². The first-order valence-electron chi connectivity index (χ1n) is 9.29. The Balaban J connectivity index is 1.29. The molecule has 1 aliphatic rings. The van der Waals surface area contributed by atoms with Crippen LogP contribution in [0.3, 0.4) is 0 Å². The molecule has 0 saturated carbocycles. The summed E-state index contributed by atoms with van der Waals surface area (Å²) in [6.07, 6.45) is 5.79. The van der Waals surface area contributed by atoms with Crippen molar-refractivity contribution in [2.45, 2.75) is 12.5 Å². The summed E-state index contributed by atoms with van der Waals surface area (Å²) >= 11 is 0. The lowest BCUT2D eigenvalue weighted by Gasteiger charge is -2.38. The molecule has 0 unspecified atom stereocenters. The summed E-state index contributed by atoms with van der Waals surface area (Å²) < 4.78 is 0. The van der Waals surface area contributed by atoms with E-state index in [0.717, 1.165) is 36.6 Å². The van der Waals surface area contributed by atoms with Crippen molar-refractivity contribution in [3.8, 4) is 11.4 Å². The zero-order chi connectivity index (χ0) is 18.1. The van der Waals surface area contributed by atoms with E-state index in [1.165, 1.54) is 16.5 Å². The molecular formula is C23H20N4. The Morgan fingerprint density at radius 2 is 1.59 bits per heavy atom. The Bertz CT molecular complexity index is 1050. The van der Waals surface area contributed by atoms with E-state index in [4.69, 9.17) is 0 Å². The van der Waals surface area contributed by atoms with Gasteiger partial charge in [0, 0.05) is 61.0 Å². The minimum atomic E-state index is 0.544. The van der Waals surface area contributed by atoms with E-state index in [-0.39, 0.29) is 0 Å². The highest BCUT2D eigenvalue weighted by molar-refractivity contribution is 5.94. The second kappa shape index (κ2) is 6.89. The average molecular weight is 352 g/mol. The zero-order valence-corrected chi connectivity index (χ0v) is 15.0. The van der Waals surface area contributed by atoms with Crippen molar-refractivity contribution in [2.75, 3.05) is 13.1 Å². The van der Waals surface area contributed by atoms with Crippen LogP contribution in [0.4, 0.5) is 0 Å². The monoisotopic (exact) mass is 352 g/mol. The minimum absolute atomic E-state index is 0.544. The maximum Gasteiger partial charge on any atom is 0.159 e. The van der Waals surface area contributed by atoms with Gasteiger partial charge in [0.1, 0.15) is 0 Å². The van der Waals surface area contributed by atoms with E-state index >= 15 is 0 Å². The SMILES string of the molecule is c1ccc(C2CN(Cc3cnc(-c4cccc5ccccc45)nc3)C2)nc1. The van der Waals surface area contributed by atoms with Crippen LogP contribution in [0.1, 0.15) is 17.2 Å². The summed E-state index contributed by atoms with van der Waals surface area (Å²) in [5.74, 6) is 1.33. The van der Waals surface area contributed by atoms with E-state index in [9.17, 15) is 0 Å². The number of nitrogens with zero attached hydrogens (tertiary/aromatic N) is 4. The smallest absolute Gasteiger partial charge is 0.159 e. The second-order valence-electron chi connectivity index (χ2n) is 7.09. The molecule has 4 heteroatoms. The summed E-state index contributed by atoms with van der Waals surface area (Å²) in [7, 11) is 0. The fourth-order valence-electron chi connectivity index (χ4n) is 3.76. The zero-order valence-electron chi connectivity index (χ0n) is 15.0. The number of hydrogen-bond donors (Lipinski definition) is 0. The molecule has 0 atom stereocenters. The average Bonchev–Trinajstić information content (AvgIpc) is 2.71. The summed E-state index contributed by atoms with van der Waals surface area (Å²) in [6.45, 7) is 2.98. The normalized spacial score (nSPS) is 15.0. The number of likely N-dealkylation sites (tertiary alicyclic amines) is 1. The summed E-state index contributed by atoms with van der Waals surface area (Å²) in [6, 6.07) is 20.8. The first kappa shape index (κ1) is 16.1. The molecule has 0 N–H and O–H groups in total. The van der Waals surface area contributed by atoms with Crippen LogP contribution in [0.15, 0.2) is 79.3 Å². The van der Waals surface area contributed by atoms with Crippen molar-refractivity contribution in [1.29, 1.82) is 0 Å². The van der Waals surface area contributed by atoms with E-state index in [2.05, 4.69) is 74.4 Å². The van der Waals surface area contributed by atoms with Gasteiger partial charge in [0.2, 0.25) is 0 Å². The molecule has 2 aromatic heterocycles. The highest BCUT2D eigenvalue weighted by atomic mass is 15.2. The molecule has 4 nitrogen and oxygen atoms in total. The number of aromatic nitrogens is 3. The van der Waals surface area contributed by atoms with Gasteiger partial charge < -0.3 is 0 Å². The molecule has 27 heavy (non-hydrogen) atoms. The summed E-state index contributed by atoms with van der Waals surface area (Å²) in [4.78, 5) is 16.1. The van der Waals surface area contributed by atoms with Gasteiger partial charge in [-0.2, -0.15) is 0 Å². The van der Waals surface area contributed by atoms with Gasteiger partial charge in [0.15, 0.2) is 5.82 Å². The van der Waals surface area contributed by atoms with Crippen molar-refractivity contribution < 1.29 is 0 Å². The van der Waals surface area contributed by atoms with Crippen LogP contribution in [-0.4, -0.2) is 32.9 Å². The Hall–Kier alpha value is -3.11. The molecule has 1 fully saturated rings. The molecule has 4 aromatic rings. The van der Waals surface area contributed by atoms with E-state index in [1.807, 2.05) is 24.7 Å². The Morgan fingerprint density at radius 3 is 2.41 bits per heavy atom. The molecule has 0 spiro atoms. The Morgan fingerprint density at radius 1 is 0.815 bits per heavy atom. The maximum atomic E-state index is 4.64. The first-order chi connectivity index (χ1) is 13.4. The Kier molecular flexibility index (Phi) is 4.11. The molecule has 2 aromatic carbocycles. The molecule has 5 rings (SSSR count). The highest BCUT2D eigenvalue weighted by Gasteiger charge is 2.28. The van der Waals surface area contributed by atoms with Crippen LogP contribution in [-0.2, 0) is 6.54 Å². The summed E-state index contributed by atoms with van der Waals surface area (Å²) in [5.41, 5.74) is 3.42. The third kappa shape index (κ3) is 3.20. The first-order valence-corrected chi connectivity index (χ1v) is 9.29. The van der Waals surface area contributed by atoms with Crippen LogP contribution in [0.5, 0.6) is 0 Å². The van der Waals surface area contributed by atoms with Crippen LogP contribution in [0, 0.1) is 0 Å². The number of rotatable bonds is 4. The molecule has 1 saturated heterocycles. The lowest BCUT2D eigenvalue weighted by Crippen LogP contribution is -2.44. The fraction of sp³-hybridized carbons (Fsp3) is 0.174. The number of fused-ring (bicyclic) bond motifs is 1. The quantitative estimate of drug-likeness (QED) is 0.549. The van der Waals surface area contributed by atoms with Crippen molar-refractivity contribution in [3.63, 3.8) is 0 Å². The second-order valence-corrected chi connectivity index (χ2v) is 7.09. The van der Waals surface area contributed by atoms with Crippen molar-refractivity contribution >= 4 is 10.8 Å². The Labute approximate surface area is 158 Å². The topological polar surface area (TPSA) is 41.9 Å². The van der Waals surface area contributed by atoms with Gasteiger partial charge in [0.25, 0.3) is 0 Å². The van der Waals surface area contributed by atoms with Gasteiger partial charge in [0.05, 0.1) is 0 Å². The molecular weight excluding hydrogens is 332 g/mol. The van der Waals surface area contributed by atoms with Crippen LogP contribution in [0.2, 0.25) is 0 Å². The highest BCUT2D eigenvalue weighted by Crippen LogP contribution is 2.28. The fourth-order valence-corrected chi connectivity index (χ4v) is 3.76. The van der Waals surface area contributed by atoms with Crippen LogP contribution >= 0.6 is 0 Å². The number of hydrogen-bond acceptors (Lipinski definition) is 4. The van der Waals surface area contributed by atoms with Gasteiger partial charge >= 0.3 is 0 Å². The predicted octanol–water partition coefficient (Wildman–Crippen LogP) is 4.29. The van der Waals surface area contributed by atoms with Gasteiger partial charge in [-0.05, 0) is 22.9 Å². The maximum absolute atomic E-state index is 4.64. The van der Waals surface area contributed by atoms with Gasteiger partial charge in [-0.3, -0.25) is 9.88 Å². The third-order valence-corrected chi connectivity index (χ3v) is 5.21. The lowest BCUT2D eigenvalue weighted by atomic mass is 9.95. The lowest BCUT2D eigenvalue weighted by molar-refractivity contribution is 0.137. The molecule has 0 aliphatic carbocycles. The van der Waals surface area contributed by atoms with Crippen molar-refractivity contribution in [3.05, 3.63) is 90.5 Å². The van der Waals surface area contributed by atoms with Gasteiger partial charge in [-0.15, -0.1) is 0 Å². The van der Waals surface area contributed by atoms with Gasteiger partial charge in [-0.25, -0.2) is 9.97 Å². The molecule has 0 radical (unpaired) electrons. The molecule has 0 bridgehead atoms. The molecule has 1 aliphatic heterocycles. The molecule has 0 amide bonds. The molecule has 132 valence electrons. The van der Waals surface area contributed by atoms with E-state index in [0.29, 0.717) is 5.92 Å². The molecule has 3 heterocycles. The van der Waals surface area contributed by atoms with Crippen molar-refractivity contribution in [2.24, 2.45) is 0 Å². The number of pyridine rings is 1. The van der Waals surface area contributed by atoms with E-state index < -0.39 is 0 Å². The largest absolute Gasteiger partial charge is 0.298 e. The number of benzene rings is 2. The third-order valence-electron chi connectivity index (χ3n) is 5.21. The van der Waals surface area contributed by atoms with Crippen LogP contribution < -0.4 is 0 Å². The predicted molar refractivity (Wildman–Crippen MR) is 107 cm³/mol. The summed E-state index contributed by atoms with van der Waals surface area (Å²) in [5, 5.41) is 2.40.